The molecule has 0 aliphatic carbocycles. The Labute approximate surface area is 115 Å². The zero-order chi connectivity index (χ0) is 13.8. The van der Waals surface area contributed by atoms with Crippen molar-refractivity contribution in [3.8, 4) is 17.0 Å². The number of carbonyl (C=O) groups excluding carboxylic acids is 1. The van der Waals surface area contributed by atoms with Crippen LogP contribution in [-0.2, 0) is 4.74 Å². The maximum Gasteiger partial charge on any atom is 0.341 e. The molecular formula is C13H11ClN2O3. The molecule has 0 bridgehead atoms. The molecule has 0 aliphatic rings. The molecule has 0 unspecified atom stereocenters. The summed E-state index contributed by atoms with van der Waals surface area (Å²) >= 11 is 5.82. The summed E-state index contributed by atoms with van der Waals surface area (Å²) in [6.45, 7) is 0. The van der Waals surface area contributed by atoms with Gasteiger partial charge in [-0.1, -0.05) is 11.6 Å². The number of hydrogen-bond donors (Lipinski definition) is 0. The molecule has 0 amide bonds. The lowest BCUT2D eigenvalue weighted by Crippen LogP contribution is -2.04. The van der Waals surface area contributed by atoms with E-state index in [0.29, 0.717) is 22.2 Å². The minimum Gasteiger partial charge on any atom is -0.496 e. The fourth-order valence-electron chi connectivity index (χ4n) is 1.63. The molecule has 19 heavy (non-hydrogen) atoms. The summed E-state index contributed by atoms with van der Waals surface area (Å²) < 4.78 is 9.84. The predicted octanol–water partition coefficient (Wildman–Crippen LogP) is 2.59. The van der Waals surface area contributed by atoms with Crippen molar-refractivity contribution >= 4 is 17.6 Å². The average Bonchev–Trinajstić information content (AvgIpc) is 2.45. The summed E-state index contributed by atoms with van der Waals surface area (Å²) in [7, 11) is 2.80. The van der Waals surface area contributed by atoms with Gasteiger partial charge in [-0.3, -0.25) is 0 Å². The maximum atomic E-state index is 11.7. The summed E-state index contributed by atoms with van der Waals surface area (Å²) in [4.78, 5) is 19.6. The minimum atomic E-state index is -0.473. The van der Waals surface area contributed by atoms with Crippen molar-refractivity contribution < 1.29 is 14.3 Å². The van der Waals surface area contributed by atoms with E-state index in [0.717, 1.165) is 5.56 Å². The topological polar surface area (TPSA) is 61.3 Å². The third-order valence-corrected chi connectivity index (χ3v) is 2.74. The van der Waals surface area contributed by atoms with Gasteiger partial charge in [0.05, 0.1) is 19.9 Å². The van der Waals surface area contributed by atoms with E-state index >= 15 is 0 Å². The number of hydrogen-bond acceptors (Lipinski definition) is 5. The first kappa shape index (κ1) is 13.3. The van der Waals surface area contributed by atoms with Crippen molar-refractivity contribution in [2.75, 3.05) is 14.2 Å². The van der Waals surface area contributed by atoms with Crippen molar-refractivity contribution in [1.82, 2.24) is 9.97 Å². The number of nitrogens with zero attached hydrogens (tertiary/aromatic N) is 2. The molecule has 0 N–H and O–H groups in total. The van der Waals surface area contributed by atoms with Crippen molar-refractivity contribution in [3.05, 3.63) is 41.3 Å². The van der Waals surface area contributed by atoms with Gasteiger partial charge in [0.1, 0.15) is 22.8 Å². The van der Waals surface area contributed by atoms with E-state index in [1.54, 1.807) is 24.3 Å². The quantitative estimate of drug-likeness (QED) is 0.638. The van der Waals surface area contributed by atoms with E-state index in [1.807, 2.05) is 0 Å². The third-order valence-electron chi connectivity index (χ3n) is 2.53. The Hall–Kier alpha value is -2.14. The lowest BCUT2D eigenvalue weighted by atomic mass is 10.1. The van der Waals surface area contributed by atoms with Crippen LogP contribution in [0.1, 0.15) is 10.4 Å². The fraction of sp³-hybridized carbons (Fsp3) is 0.154. The molecule has 0 atom stereocenters. The van der Waals surface area contributed by atoms with Crippen LogP contribution in [0, 0.1) is 0 Å². The Balaban J connectivity index is 2.51. The van der Waals surface area contributed by atoms with Gasteiger partial charge in [-0.25, -0.2) is 14.8 Å². The molecule has 0 saturated carbocycles. The highest BCUT2D eigenvalue weighted by atomic mass is 35.5. The second-order valence-electron chi connectivity index (χ2n) is 3.63. The standard InChI is InChI=1S/C13H11ClN2O3/c1-18-11-4-3-8(5-9(11)13(17)19-2)10-6-12(14)16-7-15-10/h3-7H,1-2H3. The molecule has 1 aromatic heterocycles. The van der Waals surface area contributed by atoms with E-state index in [-0.39, 0.29) is 0 Å². The summed E-state index contributed by atoms with van der Waals surface area (Å²) in [5.74, 6) is -0.0328. The first-order valence-electron chi connectivity index (χ1n) is 5.40. The number of carbonyl (C=O) groups is 1. The summed E-state index contributed by atoms with van der Waals surface area (Å²) in [5.41, 5.74) is 1.68. The zero-order valence-electron chi connectivity index (χ0n) is 10.4. The first-order chi connectivity index (χ1) is 9.15. The van der Waals surface area contributed by atoms with Crippen LogP contribution in [0.15, 0.2) is 30.6 Å². The lowest BCUT2D eigenvalue weighted by molar-refractivity contribution is 0.0597. The van der Waals surface area contributed by atoms with Crippen LogP contribution in [0.3, 0.4) is 0 Å². The third kappa shape index (κ3) is 2.82. The Kier molecular flexibility index (Phi) is 3.97. The second-order valence-corrected chi connectivity index (χ2v) is 4.02. The summed E-state index contributed by atoms with van der Waals surface area (Å²) in [6, 6.07) is 6.72. The molecule has 0 aliphatic heterocycles. The van der Waals surface area contributed by atoms with E-state index < -0.39 is 5.97 Å². The molecule has 98 valence electrons. The van der Waals surface area contributed by atoms with Crippen molar-refractivity contribution in [2.45, 2.75) is 0 Å². The van der Waals surface area contributed by atoms with Gasteiger partial charge in [0.15, 0.2) is 0 Å². The van der Waals surface area contributed by atoms with E-state index in [1.165, 1.54) is 20.5 Å². The zero-order valence-corrected chi connectivity index (χ0v) is 11.1. The van der Waals surface area contributed by atoms with Crippen molar-refractivity contribution in [3.63, 3.8) is 0 Å². The van der Waals surface area contributed by atoms with Gasteiger partial charge in [0.25, 0.3) is 0 Å². The van der Waals surface area contributed by atoms with Crippen LogP contribution in [-0.4, -0.2) is 30.2 Å². The van der Waals surface area contributed by atoms with Gasteiger partial charge in [-0.2, -0.15) is 0 Å². The average molecular weight is 279 g/mol. The van der Waals surface area contributed by atoms with Crippen LogP contribution >= 0.6 is 11.6 Å². The molecule has 0 saturated heterocycles. The SMILES string of the molecule is COC(=O)c1cc(-c2cc(Cl)ncn2)ccc1OC. The van der Waals surface area contributed by atoms with Gasteiger partial charge in [0, 0.05) is 11.6 Å². The first-order valence-corrected chi connectivity index (χ1v) is 5.77. The van der Waals surface area contributed by atoms with Gasteiger partial charge in [0.2, 0.25) is 0 Å². The Bertz CT molecular complexity index is 617. The van der Waals surface area contributed by atoms with Gasteiger partial charge in [-0.05, 0) is 18.2 Å². The van der Waals surface area contributed by atoms with Crippen LogP contribution in [0.4, 0.5) is 0 Å². The molecule has 0 radical (unpaired) electrons. The number of ether oxygens (including phenoxy) is 2. The van der Waals surface area contributed by atoms with Crippen LogP contribution in [0.5, 0.6) is 5.75 Å². The number of rotatable bonds is 3. The number of benzene rings is 1. The normalized spacial score (nSPS) is 10.1. The fourth-order valence-corrected chi connectivity index (χ4v) is 1.78. The Morgan fingerprint density at radius 3 is 2.63 bits per heavy atom. The number of halogens is 1. The molecule has 1 heterocycles. The molecule has 0 spiro atoms. The molecule has 1 aromatic carbocycles. The Morgan fingerprint density at radius 1 is 1.21 bits per heavy atom. The Morgan fingerprint density at radius 2 is 2.00 bits per heavy atom. The molecular weight excluding hydrogens is 268 g/mol. The molecule has 2 aromatic rings. The van der Waals surface area contributed by atoms with Crippen LogP contribution in [0.2, 0.25) is 5.15 Å². The summed E-state index contributed by atoms with van der Waals surface area (Å²) in [5, 5.41) is 0.334. The van der Waals surface area contributed by atoms with Gasteiger partial charge < -0.3 is 9.47 Å². The highest BCUT2D eigenvalue weighted by molar-refractivity contribution is 6.29. The van der Waals surface area contributed by atoms with E-state index in [2.05, 4.69) is 9.97 Å². The number of methoxy groups -OCH3 is 2. The van der Waals surface area contributed by atoms with Crippen molar-refractivity contribution in [2.24, 2.45) is 0 Å². The molecule has 0 fully saturated rings. The number of aromatic nitrogens is 2. The highest BCUT2D eigenvalue weighted by Crippen LogP contribution is 2.26. The molecule has 5 nitrogen and oxygen atoms in total. The highest BCUT2D eigenvalue weighted by Gasteiger charge is 2.14. The van der Waals surface area contributed by atoms with E-state index in [9.17, 15) is 4.79 Å². The van der Waals surface area contributed by atoms with Crippen LogP contribution in [0.25, 0.3) is 11.3 Å². The molecule has 6 heteroatoms. The van der Waals surface area contributed by atoms with E-state index in [4.69, 9.17) is 21.1 Å². The molecule has 2 rings (SSSR count). The minimum absolute atomic E-state index is 0.331. The van der Waals surface area contributed by atoms with Crippen LogP contribution < -0.4 is 4.74 Å². The monoisotopic (exact) mass is 278 g/mol. The summed E-state index contributed by atoms with van der Waals surface area (Å²) in [6.07, 6.45) is 1.36. The second kappa shape index (κ2) is 5.67. The smallest absolute Gasteiger partial charge is 0.341 e. The predicted molar refractivity (Wildman–Crippen MR) is 70.4 cm³/mol. The van der Waals surface area contributed by atoms with Gasteiger partial charge in [-0.15, -0.1) is 0 Å². The largest absolute Gasteiger partial charge is 0.496 e. The maximum absolute atomic E-state index is 11.7. The van der Waals surface area contributed by atoms with Crippen molar-refractivity contribution in [1.29, 1.82) is 0 Å². The number of esters is 1. The van der Waals surface area contributed by atoms with Gasteiger partial charge >= 0.3 is 5.97 Å². The lowest BCUT2D eigenvalue weighted by Gasteiger charge is -2.09.